The first-order valence-electron chi connectivity index (χ1n) is 5.98. The highest BCUT2D eigenvalue weighted by Crippen LogP contribution is 2.34. The van der Waals surface area contributed by atoms with Crippen molar-refractivity contribution in [2.75, 3.05) is 12.5 Å². The Balaban J connectivity index is 1.80. The lowest BCUT2D eigenvalue weighted by Gasteiger charge is -2.04. The second-order valence-electron chi connectivity index (χ2n) is 4.25. The van der Waals surface area contributed by atoms with E-state index in [0.717, 1.165) is 5.69 Å². The van der Waals surface area contributed by atoms with Crippen LogP contribution in [0.3, 0.4) is 0 Å². The van der Waals surface area contributed by atoms with Gasteiger partial charge in [-0.15, -0.1) is 5.10 Å². The number of benzene rings is 1. The van der Waals surface area contributed by atoms with Crippen LogP contribution >= 0.6 is 0 Å². The molecule has 4 rings (SSSR count). The largest absolute Gasteiger partial charge is 0.463 e. The van der Waals surface area contributed by atoms with Gasteiger partial charge in [0.15, 0.2) is 28.8 Å². The summed E-state index contributed by atoms with van der Waals surface area (Å²) in [5.41, 5.74) is 7.33. The number of aromatic nitrogens is 3. The van der Waals surface area contributed by atoms with Crippen LogP contribution in [-0.4, -0.2) is 21.8 Å². The molecular weight excluding hydrogens is 260 g/mol. The van der Waals surface area contributed by atoms with E-state index in [0.29, 0.717) is 28.8 Å². The normalized spacial score (nSPS) is 12.8. The Morgan fingerprint density at radius 2 is 2.05 bits per heavy atom. The van der Waals surface area contributed by atoms with Gasteiger partial charge in [0.2, 0.25) is 6.79 Å². The van der Waals surface area contributed by atoms with Crippen LogP contribution in [-0.2, 0) is 0 Å². The Morgan fingerprint density at radius 3 is 2.90 bits per heavy atom. The SMILES string of the molecule is Nc1c(-c2ccco2)nnn1-c1ccc2c(c1)OCO2. The van der Waals surface area contributed by atoms with E-state index in [-0.39, 0.29) is 6.79 Å². The molecule has 0 unspecified atom stereocenters. The van der Waals surface area contributed by atoms with Gasteiger partial charge in [0, 0.05) is 6.07 Å². The van der Waals surface area contributed by atoms with Gasteiger partial charge in [-0.3, -0.25) is 0 Å². The van der Waals surface area contributed by atoms with E-state index in [4.69, 9.17) is 19.6 Å². The van der Waals surface area contributed by atoms with Crippen LogP contribution < -0.4 is 15.2 Å². The Morgan fingerprint density at radius 1 is 1.15 bits per heavy atom. The maximum atomic E-state index is 6.08. The number of furan rings is 1. The Labute approximate surface area is 113 Å². The van der Waals surface area contributed by atoms with Crippen LogP contribution in [0.1, 0.15) is 0 Å². The van der Waals surface area contributed by atoms with E-state index in [1.807, 2.05) is 12.1 Å². The molecule has 7 heteroatoms. The third-order valence-corrected chi connectivity index (χ3v) is 3.06. The Kier molecular flexibility index (Phi) is 2.19. The molecule has 0 aliphatic carbocycles. The Hall–Kier alpha value is -2.96. The van der Waals surface area contributed by atoms with Crippen molar-refractivity contribution >= 4 is 5.82 Å². The van der Waals surface area contributed by atoms with Gasteiger partial charge < -0.3 is 19.6 Å². The molecule has 0 fully saturated rings. The second-order valence-corrected chi connectivity index (χ2v) is 4.25. The summed E-state index contributed by atoms with van der Waals surface area (Å²) in [7, 11) is 0. The number of hydrogen-bond acceptors (Lipinski definition) is 6. The lowest BCUT2D eigenvalue weighted by atomic mass is 10.2. The number of rotatable bonds is 2. The molecule has 20 heavy (non-hydrogen) atoms. The summed E-state index contributed by atoms with van der Waals surface area (Å²) in [5.74, 6) is 2.35. The van der Waals surface area contributed by atoms with Crippen molar-refractivity contribution in [3.63, 3.8) is 0 Å². The van der Waals surface area contributed by atoms with E-state index in [9.17, 15) is 0 Å². The van der Waals surface area contributed by atoms with Gasteiger partial charge in [-0.2, -0.15) is 4.68 Å². The third-order valence-electron chi connectivity index (χ3n) is 3.06. The molecule has 0 atom stereocenters. The standard InChI is InChI=1S/C13H10N4O3/c14-13-12(10-2-1-5-18-10)15-16-17(13)8-3-4-9-11(6-8)20-7-19-9/h1-6H,7,14H2. The molecule has 0 bridgehead atoms. The molecule has 0 radical (unpaired) electrons. The van der Waals surface area contributed by atoms with E-state index >= 15 is 0 Å². The maximum absolute atomic E-state index is 6.08. The first-order valence-corrected chi connectivity index (χ1v) is 5.98. The number of ether oxygens (including phenoxy) is 2. The highest BCUT2D eigenvalue weighted by atomic mass is 16.7. The number of nitrogens with zero attached hydrogens (tertiary/aromatic N) is 3. The average molecular weight is 270 g/mol. The van der Waals surface area contributed by atoms with Crippen LogP contribution in [0, 0.1) is 0 Å². The van der Waals surface area contributed by atoms with Gasteiger partial charge in [-0.1, -0.05) is 5.21 Å². The number of anilines is 1. The van der Waals surface area contributed by atoms with Crippen LogP contribution in [0.25, 0.3) is 17.1 Å². The maximum Gasteiger partial charge on any atom is 0.231 e. The predicted molar refractivity (Wildman–Crippen MR) is 69.6 cm³/mol. The fraction of sp³-hybridized carbons (Fsp3) is 0.0769. The molecule has 0 amide bonds. The van der Waals surface area contributed by atoms with E-state index in [1.165, 1.54) is 4.68 Å². The number of nitrogens with two attached hydrogens (primary N) is 1. The molecule has 1 aromatic carbocycles. The van der Waals surface area contributed by atoms with E-state index in [1.54, 1.807) is 24.5 Å². The minimum absolute atomic E-state index is 0.225. The molecule has 7 nitrogen and oxygen atoms in total. The molecule has 2 aromatic heterocycles. The van der Waals surface area contributed by atoms with Gasteiger partial charge >= 0.3 is 0 Å². The summed E-state index contributed by atoms with van der Waals surface area (Å²) in [6, 6.07) is 9.01. The van der Waals surface area contributed by atoms with Crippen LogP contribution in [0.2, 0.25) is 0 Å². The van der Waals surface area contributed by atoms with Gasteiger partial charge in [0.25, 0.3) is 0 Å². The monoisotopic (exact) mass is 270 g/mol. The van der Waals surface area contributed by atoms with Crippen LogP contribution in [0.4, 0.5) is 5.82 Å². The summed E-state index contributed by atoms with van der Waals surface area (Å²) >= 11 is 0. The highest BCUT2D eigenvalue weighted by Gasteiger charge is 2.18. The molecule has 0 saturated heterocycles. The summed E-state index contributed by atoms with van der Waals surface area (Å²) in [6.07, 6.45) is 1.56. The second kappa shape index (κ2) is 4.02. The molecule has 100 valence electrons. The van der Waals surface area contributed by atoms with Gasteiger partial charge in [-0.25, -0.2) is 0 Å². The van der Waals surface area contributed by atoms with E-state index in [2.05, 4.69) is 10.3 Å². The zero-order valence-electron chi connectivity index (χ0n) is 10.3. The summed E-state index contributed by atoms with van der Waals surface area (Å²) < 4.78 is 17.4. The van der Waals surface area contributed by atoms with Crippen molar-refractivity contribution in [3.8, 4) is 28.6 Å². The van der Waals surface area contributed by atoms with Crippen molar-refractivity contribution in [1.82, 2.24) is 15.0 Å². The van der Waals surface area contributed by atoms with Crippen LogP contribution in [0.15, 0.2) is 41.0 Å². The third kappa shape index (κ3) is 1.53. The van der Waals surface area contributed by atoms with Gasteiger partial charge in [0.05, 0.1) is 12.0 Å². The molecule has 2 N–H and O–H groups in total. The molecule has 0 spiro atoms. The minimum Gasteiger partial charge on any atom is -0.463 e. The topological polar surface area (TPSA) is 88.3 Å². The predicted octanol–water partition coefficient (Wildman–Crippen LogP) is 1.84. The fourth-order valence-corrected chi connectivity index (χ4v) is 2.09. The molecular formula is C13H10N4O3. The quantitative estimate of drug-likeness (QED) is 0.764. The van der Waals surface area contributed by atoms with Gasteiger partial charge in [0.1, 0.15) is 0 Å². The molecule has 1 aliphatic rings. The highest BCUT2D eigenvalue weighted by molar-refractivity contribution is 5.67. The van der Waals surface area contributed by atoms with Crippen molar-refractivity contribution in [2.45, 2.75) is 0 Å². The van der Waals surface area contributed by atoms with Crippen LogP contribution in [0.5, 0.6) is 11.5 Å². The number of hydrogen-bond donors (Lipinski definition) is 1. The minimum atomic E-state index is 0.225. The fourth-order valence-electron chi connectivity index (χ4n) is 2.09. The smallest absolute Gasteiger partial charge is 0.231 e. The zero-order valence-corrected chi connectivity index (χ0v) is 10.3. The zero-order chi connectivity index (χ0) is 13.5. The molecule has 3 heterocycles. The summed E-state index contributed by atoms with van der Waals surface area (Å²) in [5, 5.41) is 8.10. The number of nitrogen functional groups attached to an aromatic ring is 1. The Bertz CT molecular complexity index is 764. The summed E-state index contributed by atoms with van der Waals surface area (Å²) in [6.45, 7) is 0.225. The molecule has 1 aliphatic heterocycles. The summed E-state index contributed by atoms with van der Waals surface area (Å²) in [4.78, 5) is 0. The first-order chi connectivity index (χ1) is 9.83. The first kappa shape index (κ1) is 10.9. The lowest BCUT2D eigenvalue weighted by molar-refractivity contribution is 0.174. The molecule has 3 aromatic rings. The van der Waals surface area contributed by atoms with E-state index < -0.39 is 0 Å². The van der Waals surface area contributed by atoms with Crippen molar-refractivity contribution in [1.29, 1.82) is 0 Å². The number of fused-ring (bicyclic) bond motifs is 1. The average Bonchev–Trinajstić information content (AvgIpc) is 3.17. The van der Waals surface area contributed by atoms with Crippen molar-refractivity contribution < 1.29 is 13.9 Å². The van der Waals surface area contributed by atoms with Gasteiger partial charge in [-0.05, 0) is 24.3 Å². The lowest BCUT2D eigenvalue weighted by Crippen LogP contribution is -2.02. The van der Waals surface area contributed by atoms with Crippen molar-refractivity contribution in [3.05, 3.63) is 36.6 Å². The van der Waals surface area contributed by atoms with Crippen molar-refractivity contribution in [2.24, 2.45) is 0 Å². The molecule has 0 saturated carbocycles.